The van der Waals surface area contributed by atoms with Crippen molar-refractivity contribution in [1.29, 1.82) is 0 Å². The molecule has 0 atom stereocenters. The highest BCUT2D eigenvalue weighted by Crippen LogP contribution is 2.17. The highest BCUT2D eigenvalue weighted by molar-refractivity contribution is 7.89. The lowest BCUT2D eigenvalue weighted by atomic mass is 10.2. The minimum absolute atomic E-state index is 0.170. The van der Waals surface area contributed by atoms with E-state index < -0.39 is 10.0 Å². The van der Waals surface area contributed by atoms with E-state index in [1.807, 2.05) is 0 Å². The van der Waals surface area contributed by atoms with E-state index in [4.69, 9.17) is 0 Å². The third-order valence-corrected chi connectivity index (χ3v) is 5.71. The summed E-state index contributed by atoms with van der Waals surface area (Å²) in [5.41, 5.74) is 1.86. The van der Waals surface area contributed by atoms with Crippen molar-refractivity contribution in [2.75, 3.05) is 18.4 Å². The summed E-state index contributed by atoms with van der Waals surface area (Å²) in [6, 6.07) is 5.82. The number of hydrogen-bond donors (Lipinski definition) is 1. The molecule has 1 N–H and O–H groups in total. The zero-order chi connectivity index (χ0) is 16.2. The van der Waals surface area contributed by atoms with Crippen LogP contribution in [-0.2, 0) is 10.0 Å². The van der Waals surface area contributed by atoms with Gasteiger partial charge in [0.25, 0.3) is 5.91 Å². The number of aromatic nitrogens is 2. The molecule has 7 nitrogen and oxygen atoms in total. The highest BCUT2D eigenvalue weighted by atomic mass is 32.2. The van der Waals surface area contributed by atoms with E-state index in [0.29, 0.717) is 23.8 Å². The number of amides is 1. The van der Waals surface area contributed by atoms with Gasteiger partial charge in [0, 0.05) is 18.7 Å². The molecule has 1 aromatic carbocycles. The average molecular weight is 340 g/mol. The first-order valence-electron chi connectivity index (χ1n) is 6.66. The van der Waals surface area contributed by atoms with E-state index in [2.05, 4.69) is 15.5 Å². The molecule has 1 heterocycles. The molecule has 0 spiro atoms. The van der Waals surface area contributed by atoms with Crippen LogP contribution in [0.15, 0.2) is 34.7 Å². The first-order valence-corrected chi connectivity index (χ1v) is 8.98. The number of nitrogens with zero attached hydrogens (tertiary/aromatic N) is 3. The summed E-state index contributed by atoms with van der Waals surface area (Å²) >= 11 is 1.21. The number of carbonyl (C=O) groups is 1. The second-order valence-corrected chi connectivity index (χ2v) is 7.08. The van der Waals surface area contributed by atoms with Gasteiger partial charge >= 0.3 is 0 Å². The lowest BCUT2D eigenvalue weighted by molar-refractivity contribution is 0.102. The fourth-order valence-electron chi connectivity index (χ4n) is 1.89. The molecule has 1 amide bonds. The Hall–Kier alpha value is -1.84. The van der Waals surface area contributed by atoms with Crippen LogP contribution in [0.5, 0.6) is 0 Å². The van der Waals surface area contributed by atoms with Gasteiger partial charge in [-0.05, 0) is 24.3 Å². The molecule has 0 bridgehead atoms. The maximum atomic E-state index is 12.3. The van der Waals surface area contributed by atoms with E-state index in [9.17, 15) is 13.2 Å². The van der Waals surface area contributed by atoms with Crippen LogP contribution >= 0.6 is 11.3 Å². The van der Waals surface area contributed by atoms with Gasteiger partial charge in [-0.3, -0.25) is 10.1 Å². The second kappa shape index (κ2) is 6.95. The number of benzene rings is 1. The standard InChI is InChI=1S/C13H16N4O3S2/c1-3-17(4-2)22(19,20)11-7-5-10(6-8-11)12(18)15-13-16-14-9-21-13/h5-9H,3-4H2,1-2H3,(H,15,16,18). The lowest BCUT2D eigenvalue weighted by Crippen LogP contribution is -2.30. The SMILES string of the molecule is CCN(CC)S(=O)(=O)c1ccc(C(=O)Nc2nncs2)cc1. The summed E-state index contributed by atoms with van der Waals surface area (Å²) < 4.78 is 26.0. The van der Waals surface area contributed by atoms with Crippen molar-refractivity contribution in [3.8, 4) is 0 Å². The Morgan fingerprint density at radius 2 is 1.86 bits per heavy atom. The number of anilines is 1. The Bertz CT molecular complexity index is 723. The van der Waals surface area contributed by atoms with Crippen LogP contribution in [0.3, 0.4) is 0 Å². The van der Waals surface area contributed by atoms with Crippen LogP contribution < -0.4 is 5.32 Å². The normalized spacial score (nSPS) is 11.6. The number of nitrogens with one attached hydrogen (secondary N) is 1. The summed E-state index contributed by atoms with van der Waals surface area (Å²) in [5.74, 6) is -0.358. The van der Waals surface area contributed by atoms with Crippen LogP contribution in [0.2, 0.25) is 0 Å². The van der Waals surface area contributed by atoms with Gasteiger partial charge in [0.1, 0.15) is 5.51 Å². The molecular formula is C13H16N4O3S2. The first-order chi connectivity index (χ1) is 10.5. The zero-order valence-electron chi connectivity index (χ0n) is 12.2. The van der Waals surface area contributed by atoms with Crippen LogP contribution in [0.1, 0.15) is 24.2 Å². The summed E-state index contributed by atoms with van der Waals surface area (Å²) in [6.45, 7) is 4.37. The summed E-state index contributed by atoms with van der Waals surface area (Å²) in [5, 5.41) is 10.3. The molecule has 0 unspecified atom stereocenters. The molecule has 0 aliphatic carbocycles. The molecule has 22 heavy (non-hydrogen) atoms. The van der Waals surface area contributed by atoms with Crippen molar-refractivity contribution in [3.63, 3.8) is 0 Å². The van der Waals surface area contributed by atoms with E-state index in [-0.39, 0.29) is 10.8 Å². The predicted octanol–water partition coefficient (Wildman–Crippen LogP) is 1.82. The molecule has 2 aromatic rings. The fraction of sp³-hybridized carbons (Fsp3) is 0.308. The van der Waals surface area contributed by atoms with Gasteiger partial charge in [-0.25, -0.2) is 8.42 Å². The van der Waals surface area contributed by atoms with Crippen molar-refractivity contribution in [1.82, 2.24) is 14.5 Å². The molecule has 0 aliphatic heterocycles. The summed E-state index contributed by atoms with van der Waals surface area (Å²) in [4.78, 5) is 12.2. The van der Waals surface area contributed by atoms with Crippen LogP contribution in [0.4, 0.5) is 5.13 Å². The van der Waals surface area contributed by atoms with E-state index in [0.717, 1.165) is 0 Å². The van der Waals surface area contributed by atoms with Crippen LogP contribution in [-0.4, -0.2) is 41.9 Å². The quantitative estimate of drug-likeness (QED) is 0.866. The number of sulfonamides is 1. The molecule has 0 saturated heterocycles. The van der Waals surface area contributed by atoms with Crippen molar-refractivity contribution >= 4 is 32.4 Å². The Morgan fingerprint density at radius 3 is 2.36 bits per heavy atom. The summed E-state index contributed by atoms with van der Waals surface area (Å²) in [7, 11) is -3.51. The van der Waals surface area contributed by atoms with Gasteiger partial charge in [-0.15, -0.1) is 10.2 Å². The minimum atomic E-state index is -3.51. The molecular weight excluding hydrogens is 324 g/mol. The molecule has 2 rings (SSSR count). The molecule has 118 valence electrons. The Morgan fingerprint density at radius 1 is 1.23 bits per heavy atom. The Labute approximate surface area is 133 Å². The van der Waals surface area contributed by atoms with Crippen molar-refractivity contribution in [3.05, 3.63) is 35.3 Å². The van der Waals surface area contributed by atoms with Gasteiger partial charge < -0.3 is 0 Å². The zero-order valence-corrected chi connectivity index (χ0v) is 13.8. The van der Waals surface area contributed by atoms with E-state index >= 15 is 0 Å². The van der Waals surface area contributed by atoms with E-state index in [1.54, 1.807) is 13.8 Å². The molecule has 0 fully saturated rings. The number of hydrogen-bond acceptors (Lipinski definition) is 6. The average Bonchev–Trinajstić information content (AvgIpc) is 3.01. The Balaban J connectivity index is 2.18. The smallest absolute Gasteiger partial charge is 0.257 e. The largest absolute Gasteiger partial charge is 0.296 e. The maximum Gasteiger partial charge on any atom is 0.257 e. The lowest BCUT2D eigenvalue weighted by Gasteiger charge is -2.18. The van der Waals surface area contributed by atoms with Gasteiger partial charge in [-0.1, -0.05) is 25.2 Å². The monoisotopic (exact) mass is 340 g/mol. The fourth-order valence-corrected chi connectivity index (χ4v) is 3.79. The van der Waals surface area contributed by atoms with Gasteiger partial charge in [-0.2, -0.15) is 4.31 Å². The first kappa shape index (κ1) is 16.5. The van der Waals surface area contributed by atoms with E-state index in [1.165, 1.54) is 45.4 Å². The van der Waals surface area contributed by atoms with Crippen molar-refractivity contribution < 1.29 is 13.2 Å². The molecule has 0 saturated carbocycles. The van der Waals surface area contributed by atoms with Crippen LogP contribution in [0.25, 0.3) is 0 Å². The predicted molar refractivity (Wildman–Crippen MR) is 84.4 cm³/mol. The number of carbonyl (C=O) groups excluding carboxylic acids is 1. The summed E-state index contributed by atoms with van der Waals surface area (Å²) in [6.07, 6.45) is 0. The number of rotatable bonds is 6. The van der Waals surface area contributed by atoms with Gasteiger partial charge in [0.15, 0.2) is 0 Å². The second-order valence-electron chi connectivity index (χ2n) is 4.31. The Kier molecular flexibility index (Phi) is 5.22. The van der Waals surface area contributed by atoms with Gasteiger partial charge in [0.2, 0.25) is 15.2 Å². The molecule has 0 aliphatic rings. The highest BCUT2D eigenvalue weighted by Gasteiger charge is 2.21. The minimum Gasteiger partial charge on any atom is -0.296 e. The maximum absolute atomic E-state index is 12.3. The molecule has 0 radical (unpaired) electrons. The topological polar surface area (TPSA) is 92.3 Å². The third kappa shape index (κ3) is 3.49. The van der Waals surface area contributed by atoms with Crippen LogP contribution in [0, 0.1) is 0 Å². The molecule has 9 heteroatoms. The molecule has 1 aromatic heterocycles. The van der Waals surface area contributed by atoms with Gasteiger partial charge in [0.05, 0.1) is 4.90 Å². The van der Waals surface area contributed by atoms with Crippen molar-refractivity contribution in [2.45, 2.75) is 18.7 Å². The van der Waals surface area contributed by atoms with Crippen molar-refractivity contribution in [2.24, 2.45) is 0 Å². The third-order valence-electron chi connectivity index (χ3n) is 3.04.